The third-order valence-corrected chi connectivity index (χ3v) is 5.80. The number of nitrogens with one attached hydrogen (secondary N) is 3. The third kappa shape index (κ3) is 2.96. The molecule has 1 saturated heterocycles. The van der Waals surface area contributed by atoms with Crippen molar-refractivity contribution >= 4 is 17.8 Å². The van der Waals surface area contributed by atoms with Crippen LogP contribution in [-0.2, 0) is 20.7 Å². The second kappa shape index (κ2) is 6.72. The van der Waals surface area contributed by atoms with Gasteiger partial charge in [-0.2, -0.15) is 0 Å². The molecule has 3 atom stereocenters. The maximum Gasteiger partial charge on any atom is 0.322 e. The predicted octanol–water partition coefficient (Wildman–Crippen LogP) is 1.18. The highest BCUT2D eigenvalue weighted by Gasteiger charge is 2.54. The topological polar surface area (TPSA) is 96.5 Å². The molecule has 7 heteroatoms. The van der Waals surface area contributed by atoms with Crippen molar-refractivity contribution in [3.05, 3.63) is 35.4 Å². The average molecular weight is 357 g/mol. The molecule has 1 saturated carbocycles. The van der Waals surface area contributed by atoms with E-state index >= 15 is 0 Å². The van der Waals surface area contributed by atoms with E-state index in [4.69, 9.17) is 4.74 Å². The van der Waals surface area contributed by atoms with Crippen molar-refractivity contribution in [2.24, 2.45) is 5.92 Å². The van der Waals surface area contributed by atoms with Crippen molar-refractivity contribution in [2.75, 3.05) is 13.2 Å². The minimum absolute atomic E-state index is 0.0857. The molecule has 0 aromatic heterocycles. The number of hydrogen-bond acceptors (Lipinski definition) is 4. The highest BCUT2D eigenvalue weighted by atomic mass is 16.5. The lowest BCUT2D eigenvalue weighted by Gasteiger charge is -2.29. The first kappa shape index (κ1) is 17.0. The highest BCUT2D eigenvalue weighted by molar-refractivity contribution is 6.07. The van der Waals surface area contributed by atoms with E-state index in [-0.39, 0.29) is 30.3 Å². The van der Waals surface area contributed by atoms with Crippen LogP contribution in [0.1, 0.15) is 42.9 Å². The molecule has 7 nitrogen and oxygen atoms in total. The van der Waals surface area contributed by atoms with E-state index in [1.807, 2.05) is 18.2 Å². The Hall–Kier alpha value is -2.41. The van der Waals surface area contributed by atoms with Crippen molar-refractivity contribution < 1.29 is 19.1 Å². The van der Waals surface area contributed by atoms with Crippen LogP contribution >= 0.6 is 0 Å². The lowest BCUT2D eigenvalue weighted by molar-refractivity contribution is -0.127. The van der Waals surface area contributed by atoms with Crippen molar-refractivity contribution in [3.63, 3.8) is 0 Å². The number of carbonyl (C=O) groups is 3. The molecule has 3 aliphatic rings. The third-order valence-electron chi connectivity index (χ3n) is 5.80. The first-order chi connectivity index (χ1) is 12.6. The molecule has 2 fully saturated rings. The Labute approximate surface area is 151 Å². The summed E-state index contributed by atoms with van der Waals surface area (Å²) in [4.78, 5) is 36.2. The monoisotopic (exact) mass is 357 g/mol. The zero-order valence-corrected chi connectivity index (χ0v) is 14.5. The Kier molecular flexibility index (Phi) is 4.40. The van der Waals surface area contributed by atoms with Crippen LogP contribution in [0.3, 0.4) is 0 Å². The molecular formula is C19H23N3O4. The van der Waals surface area contributed by atoms with Gasteiger partial charge in [-0.05, 0) is 30.4 Å². The van der Waals surface area contributed by atoms with Gasteiger partial charge >= 0.3 is 6.03 Å². The van der Waals surface area contributed by atoms with E-state index < -0.39 is 11.6 Å². The van der Waals surface area contributed by atoms with Gasteiger partial charge in [0.05, 0.1) is 19.1 Å². The number of amides is 4. The number of hydrogen-bond donors (Lipinski definition) is 3. The molecule has 0 bridgehead atoms. The van der Waals surface area contributed by atoms with Crippen molar-refractivity contribution in [1.82, 2.24) is 16.0 Å². The Morgan fingerprint density at radius 1 is 1.31 bits per heavy atom. The second-order valence-corrected chi connectivity index (χ2v) is 7.29. The van der Waals surface area contributed by atoms with Gasteiger partial charge in [0.15, 0.2) is 0 Å². The zero-order valence-electron chi connectivity index (χ0n) is 14.5. The number of ether oxygens (including phenoxy) is 1. The SMILES string of the molecule is O=C(CC1OCCc2ccccc21)NCC1CCCC12NC(=O)NC2=O. The standard InChI is InChI=1S/C19H23N3O4/c23-16(10-15-14-6-2-1-4-12(14)7-9-26-15)20-11-13-5-3-8-19(13)17(24)21-18(25)22-19/h1-2,4,6,13,15H,3,5,7-11H2,(H,20,23)(H2,21,22,24,25). The maximum absolute atomic E-state index is 12.4. The van der Waals surface area contributed by atoms with Gasteiger partial charge in [0.1, 0.15) is 5.54 Å². The zero-order chi connectivity index (χ0) is 18.1. The van der Waals surface area contributed by atoms with Crippen LogP contribution in [0, 0.1) is 5.92 Å². The maximum atomic E-state index is 12.4. The molecule has 138 valence electrons. The lowest BCUT2D eigenvalue weighted by Crippen LogP contribution is -2.53. The molecule has 26 heavy (non-hydrogen) atoms. The molecule has 0 radical (unpaired) electrons. The lowest BCUT2D eigenvalue weighted by atomic mass is 9.87. The minimum atomic E-state index is -0.863. The van der Waals surface area contributed by atoms with Gasteiger partial charge in [-0.25, -0.2) is 4.79 Å². The van der Waals surface area contributed by atoms with E-state index in [1.165, 1.54) is 5.56 Å². The van der Waals surface area contributed by atoms with Crippen molar-refractivity contribution in [3.8, 4) is 0 Å². The molecule has 3 unspecified atom stereocenters. The summed E-state index contributed by atoms with van der Waals surface area (Å²) >= 11 is 0. The molecule has 4 rings (SSSR count). The van der Waals surface area contributed by atoms with E-state index in [0.29, 0.717) is 19.6 Å². The molecule has 3 N–H and O–H groups in total. The second-order valence-electron chi connectivity index (χ2n) is 7.29. The van der Waals surface area contributed by atoms with Gasteiger partial charge in [-0.3, -0.25) is 14.9 Å². The summed E-state index contributed by atoms with van der Waals surface area (Å²) in [7, 11) is 0. The summed E-state index contributed by atoms with van der Waals surface area (Å²) in [6, 6.07) is 7.60. The number of carbonyl (C=O) groups excluding carboxylic acids is 3. The van der Waals surface area contributed by atoms with E-state index in [1.54, 1.807) is 0 Å². The normalized spacial score (nSPS) is 30.0. The summed E-state index contributed by atoms with van der Waals surface area (Å²) in [5.74, 6) is -0.459. The van der Waals surface area contributed by atoms with Gasteiger partial charge in [-0.1, -0.05) is 30.7 Å². The van der Waals surface area contributed by atoms with Crippen molar-refractivity contribution in [1.29, 1.82) is 0 Å². The summed E-state index contributed by atoms with van der Waals surface area (Å²) in [6.07, 6.45) is 3.17. The first-order valence-corrected chi connectivity index (χ1v) is 9.18. The van der Waals surface area contributed by atoms with Gasteiger partial charge < -0.3 is 15.4 Å². The molecule has 2 aliphatic heterocycles. The van der Waals surface area contributed by atoms with Crippen LogP contribution in [0.2, 0.25) is 0 Å². The fourth-order valence-corrected chi connectivity index (χ4v) is 4.45. The molecule has 2 heterocycles. The largest absolute Gasteiger partial charge is 0.373 e. The first-order valence-electron chi connectivity index (χ1n) is 9.18. The Morgan fingerprint density at radius 2 is 2.15 bits per heavy atom. The molecule has 1 aromatic carbocycles. The molecule has 1 aromatic rings. The molecule has 1 spiro atoms. The van der Waals surface area contributed by atoms with Gasteiger partial charge in [0, 0.05) is 12.5 Å². The number of imide groups is 1. The van der Waals surface area contributed by atoms with Gasteiger partial charge in [-0.15, -0.1) is 0 Å². The fourth-order valence-electron chi connectivity index (χ4n) is 4.45. The van der Waals surface area contributed by atoms with Gasteiger partial charge in [0.2, 0.25) is 5.91 Å². The number of rotatable bonds is 4. The van der Waals surface area contributed by atoms with Gasteiger partial charge in [0.25, 0.3) is 5.91 Å². The van der Waals surface area contributed by atoms with Crippen LogP contribution in [0.25, 0.3) is 0 Å². The van der Waals surface area contributed by atoms with E-state index in [9.17, 15) is 14.4 Å². The van der Waals surface area contributed by atoms with Crippen LogP contribution < -0.4 is 16.0 Å². The van der Waals surface area contributed by atoms with Crippen LogP contribution in [0.5, 0.6) is 0 Å². The Balaban J connectivity index is 1.36. The number of benzene rings is 1. The Morgan fingerprint density at radius 3 is 2.96 bits per heavy atom. The number of urea groups is 1. The van der Waals surface area contributed by atoms with Crippen molar-refractivity contribution in [2.45, 2.75) is 43.7 Å². The van der Waals surface area contributed by atoms with Crippen LogP contribution in [0.4, 0.5) is 4.79 Å². The van der Waals surface area contributed by atoms with Crippen LogP contribution in [0.15, 0.2) is 24.3 Å². The smallest absolute Gasteiger partial charge is 0.322 e. The van der Waals surface area contributed by atoms with E-state index in [2.05, 4.69) is 22.0 Å². The molecule has 1 aliphatic carbocycles. The average Bonchev–Trinajstić information content (AvgIpc) is 3.16. The minimum Gasteiger partial charge on any atom is -0.373 e. The Bertz CT molecular complexity index is 750. The molecule has 4 amide bonds. The predicted molar refractivity (Wildman–Crippen MR) is 93.2 cm³/mol. The summed E-state index contributed by atoms with van der Waals surface area (Å²) in [6.45, 7) is 0.994. The van der Waals surface area contributed by atoms with Crippen LogP contribution in [-0.4, -0.2) is 36.5 Å². The summed E-state index contributed by atoms with van der Waals surface area (Å²) in [5.41, 5.74) is 1.45. The quantitative estimate of drug-likeness (QED) is 0.705. The summed E-state index contributed by atoms with van der Waals surface area (Å²) < 4.78 is 5.79. The highest BCUT2D eigenvalue weighted by Crippen LogP contribution is 2.37. The van der Waals surface area contributed by atoms with E-state index in [0.717, 1.165) is 24.8 Å². The fraction of sp³-hybridized carbons (Fsp3) is 0.526. The summed E-state index contributed by atoms with van der Waals surface area (Å²) in [5, 5.41) is 8.03. The number of fused-ring (bicyclic) bond motifs is 1. The molecular weight excluding hydrogens is 334 g/mol.